The van der Waals surface area contributed by atoms with Gasteiger partial charge in [-0.1, -0.05) is 54.6 Å². The third-order valence-electron chi connectivity index (χ3n) is 3.99. The summed E-state index contributed by atoms with van der Waals surface area (Å²) in [6, 6.07) is 23.0. The highest BCUT2D eigenvalue weighted by Gasteiger charge is 2.32. The lowest BCUT2D eigenvalue weighted by atomic mass is 9.95. The van der Waals surface area contributed by atoms with Gasteiger partial charge in [-0.05, 0) is 30.0 Å². The summed E-state index contributed by atoms with van der Waals surface area (Å²) in [5.41, 5.74) is 4.08. The third-order valence-corrected chi connectivity index (χ3v) is 4.86. The van der Waals surface area contributed by atoms with Crippen LogP contribution < -0.4 is 5.32 Å². The van der Waals surface area contributed by atoms with E-state index in [2.05, 4.69) is 78.3 Å². The monoisotopic (exact) mass is 304 g/mol. The molecule has 2 heterocycles. The lowest BCUT2D eigenvalue weighted by Gasteiger charge is -2.34. The molecule has 1 atom stereocenters. The van der Waals surface area contributed by atoms with E-state index in [-0.39, 0.29) is 0 Å². The summed E-state index contributed by atoms with van der Waals surface area (Å²) in [4.78, 5) is 6.29. The number of thiophene rings is 1. The average Bonchev–Trinajstić information content (AvgIpc) is 3.09. The Kier molecular flexibility index (Phi) is 3.09. The molecule has 0 fully saturated rings. The fraction of sp³-hybridized carbons (Fsp3) is 0.105. The van der Waals surface area contributed by atoms with Crippen LogP contribution in [-0.2, 0) is 5.66 Å². The Labute approximate surface area is 134 Å². The van der Waals surface area contributed by atoms with Gasteiger partial charge in [-0.25, -0.2) is 0 Å². The molecular formula is C19H16N2S. The van der Waals surface area contributed by atoms with Gasteiger partial charge in [-0.2, -0.15) is 0 Å². The van der Waals surface area contributed by atoms with Crippen molar-refractivity contribution in [2.75, 3.05) is 5.32 Å². The molecule has 0 bridgehead atoms. The highest BCUT2D eigenvalue weighted by Crippen LogP contribution is 2.36. The molecular weight excluding hydrogens is 288 g/mol. The molecule has 1 aromatic heterocycles. The first-order valence-electron chi connectivity index (χ1n) is 7.33. The van der Waals surface area contributed by atoms with Crippen LogP contribution in [0.2, 0.25) is 0 Å². The number of hydrogen-bond donors (Lipinski definition) is 1. The number of nitrogens with one attached hydrogen (secondary N) is 1. The second-order valence-corrected chi connectivity index (χ2v) is 6.49. The first-order chi connectivity index (χ1) is 10.8. The Bertz CT molecular complexity index is 822. The van der Waals surface area contributed by atoms with Crippen molar-refractivity contribution in [1.82, 2.24) is 0 Å². The lowest BCUT2D eigenvalue weighted by molar-refractivity contribution is 0.572. The van der Waals surface area contributed by atoms with Gasteiger partial charge in [0.15, 0.2) is 5.66 Å². The van der Waals surface area contributed by atoms with Crippen molar-refractivity contribution in [1.29, 1.82) is 0 Å². The summed E-state index contributed by atoms with van der Waals surface area (Å²) in [6.07, 6.45) is 0. The van der Waals surface area contributed by atoms with Crippen LogP contribution in [0.15, 0.2) is 77.1 Å². The Balaban J connectivity index is 1.92. The second-order valence-electron chi connectivity index (χ2n) is 5.55. The molecule has 3 aromatic rings. The van der Waals surface area contributed by atoms with Crippen molar-refractivity contribution in [2.45, 2.75) is 12.6 Å². The van der Waals surface area contributed by atoms with Gasteiger partial charge in [-0.15, -0.1) is 11.3 Å². The Morgan fingerprint density at radius 1 is 0.909 bits per heavy atom. The molecule has 2 aromatic carbocycles. The number of benzene rings is 2. The maximum absolute atomic E-state index is 5.08. The molecule has 22 heavy (non-hydrogen) atoms. The topological polar surface area (TPSA) is 24.4 Å². The van der Waals surface area contributed by atoms with Crippen molar-refractivity contribution in [3.05, 3.63) is 88.1 Å². The fourth-order valence-corrected chi connectivity index (χ4v) is 3.60. The predicted molar refractivity (Wildman–Crippen MR) is 93.8 cm³/mol. The minimum Gasteiger partial charge on any atom is -0.357 e. The van der Waals surface area contributed by atoms with Crippen LogP contribution in [0, 0.1) is 0 Å². The SMILES string of the molecule is CC1(c2ccccc2)N=C(c2cccs2)c2ccccc2N1. The molecule has 0 saturated heterocycles. The van der Waals surface area contributed by atoms with Crippen LogP contribution in [0.3, 0.4) is 0 Å². The van der Waals surface area contributed by atoms with Gasteiger partial charge >= 0.3 is 0 Å². The number of hydrogen-bond acceptors (Lipinski definition) is 3. The standard InChI is InChI=1S/C19H16N2S/c1-19(14-8-3-2-4-9-14)20-16-11-6-5-10-15(16)18(21-19)17-12-7-13-22-17/h2-13,20H,1H3. The number of aliphatic imine (C=N–C) groups is 1. The molecule has 1 aliphatic heterocycles. The van der Waals surface area contributed by atoms with Crippen molar-refractivity contribution in [2.24, 2.45) is 4.99 Å². The van der Waals surface area contributed by atoms with Crippen molar-refractivity contribution in [3.63, 3.8) is 0 Å². The van der Waals surface area contributed by atoms with Crippen LogP contribution in [0.25, 0.3) is 0 Å². The zero-order valence-corrected chi connectivity index (χ0v) is 13.1. The number of fused-ring (bicyclic) bond motifs is 1. The molecule has 0 aliphatic carbocycles. The zero-order chi connectivity index (χ0) is 15.0. The summed E-state index contributed by atoms with van der Waals surface area (Å²) in [5, 5.41) is 5.70. The summed E-state index contributed by atoms with van der Waals surface area (Å²) in [5.74, 6) is 0. The number of nitrogens with zero attached hydrogens (tertiary/aromatic N) is 1. The number of rotatable bonds is 2. The first-order valence-corrected chi connectivity index (χ1v) is 8.21. The van der Waals surface area contributed by atoms with Crippen molar-refractivity contribution in [3.8, 4) is 0 Å². The van der Waals surface area contributed by atoms with Crippen LogP contribution in [0.4, 0.5) is 5.69 Å². The number of para-hydroxylation sites is 1. The zero-order valence-electron chi connectivity index (χ0n) is 12.3. The molecule has 2 nitrogen and oxygen atoms in total. The molecule has 0 spiro atoms. The fourth-order valence-electron chi connectivity index (χ4n) is 2.87. The summed E-state index contributed by atoms with van der Waals surface area (Å²) in [7, 11) is 0. The van der Waals surface area contributed by atoms with E-state index in [1.165, 1.54) is 16.0 Å². The minimum absolute atomic E-state index is 0.449. The predicted octanol–water partition coefficient (Wildman–Crippen LogP) is 4.88. The van der Waals surface area contributed by atoms with Crippen molar-refractivity contribution < 1.29 is 0 Å². The molecule has 1 unspecified atom stereocenters. The quantitative estimate of drug-likeness (QED) is 0.716. The van der Waals surface area contributed by atoms with Crippen LogP contribution in [0.5, 0.6) is 0 Å². The maximum atomic E-state index is 5.08. The molecule has 3 heteroatoms. The summed E-state index contributed by atoms with van der Waals surface area (Å²) < 4.78 is 0. The minimum atomic E-state index is -0.449. The molecule has 0 radical (unpaired) electrons. The number of anilines is 1. The molecule has 0 amide bonds. The molecule has 108 valence electrons. The van der Waals surface area contributed by atoms with E-state index in [4.69, 9.17) is 4.99 Å². The smallest absolute Gasteiger partial charge is 0.153 e. The molecule has 0 saturated carbocycles. The first kappa shape index (κ1) is 13.3. The van der Waals surface area contributed by atoms with Crippen LogP contribution >= 0.6 is 11.3 Å². The Morgan fingerprint density at radius 2 is 1.68 bits per heavy atom. The van der Waals surface area contributed by atoms with Gasteiger partial charge in [-0.3, -0.25) is 4.99 Å². The van der Waals surface area contributed by atoms with E-state index in [1.54, 1.807) is 11.3 Å². The van der Waals surface area contributed by atoms with Crippen LogP contribution in [0.1, 0.15) is 22.9 Å². The molecule has 4 rings (SSSR count). The van der Waals surface area contributed by atoms with Gasteiger partial charge in [0.05, 0.1) is 10.6 Å². The van der Waals surface area contributed by atoms with E-state index >= 15 is 0 Å². The average molecular weight is 304 g/mol. The largest absolute Gasteiger partial charge is 0.357 e. The summed E-state index contributed by atoms with van der Waals surface area (Å²) in [6.45, 7) is 2.13. The van der Waals surface area contributed by atoms with Gasteiger partial charge in [0.1, 0.15) is 0 Å². The highest BCUT2D eigenvalue weighted by atomic mass is 32.1. The van der Waals surface area contributed by atoms with E-state index in [9.17, 15) is 0 Å². The Morgan fingerprint density at radius 3 is 2.45 bits per heavy atom. The van der Waals surface area contributed by atoms with Gasteiger partial charge in [0.2, 0.25) is 0 Å². The van der Waals surface area contributed by atoms with E-state index < -0.39 is 5.66 Å². The third kappa shape index (κ3) is 2.14. The lowest BCUT2D eigenvalue weighted by Crippen LogP contribution is -2.35. The highest BCUT2D eigenvalue weighted by molar-refractivity contribution is 7.12. The van der Waals surface area contributed by atoms with Crippen molar-refractivity contribution >= 4 is 22.7 Å². The van der Waals surface area contributed by atoms with E-state index in [0.717, 1.165) is 11.4 Å². The molecule has 1 aliphatic rings. The van der Waals surface area contributed by atoms with E-state index in [1.807, 2.05) is 6.07 Å². The normalized spacial score (nSPS) is 20.0. The van der Waals surface area contributed by atoms with Crippen LogP contribution in [-0.4, -0.2) is 5.71 Å². The summed E-state index contributed by atoms with van der Waals surface area (Å²) >= 11 is 1.73. The van der Waals surface area contributed by atoms with Gasteiger partial charge < -0.3 is 5.32 Å². The maximum Gasteiger partial charge on any atom is 0.153 e. The second kappa shape index (κ2) is 5.11. The van der Waals surface area contributed by atoms with Gasteiger partial charge in [0.25, 0.3) is 0 Å². The van der Waals surface area contributed by atoms with Gasteiger partial charge in [0, 0.05) is 11.3 Å². The van der Waals surface area contributed by atoms with E-state index in [0.29, 0.717) is 0 Å². The molecule has 1 N–H and O–H groups in total. The Hall–Kier alpha value is -2.39.